The van der Waals surface area contributed by atoms with Crippen molar-refractivity contribution in [1.82, 2.24) is 0 Å². The third kappa shape index (κ3) is 2.12. The fraction of sp³-hybridized carbons (Fsp3) is 0.696. The highest BCUT2D eigenvalue weighted by atomic mass is 16.3. The van der Waals surface area contributed by atoms with E-state index in [2.05, 4.69) is 19.9 Å². The van der Waals surface area contributed by atoms with Gasteiger partial charge in [-0.1, -0.05) is 19.4 Å². The molecule has 2 nitrogen and oxygen atoms in total. The van der Waals surface area contributed by atoms with Crippen LogP contribution in [0.15, 0.2) is 34.7 Å². The Hall–Kier alpha value is -1.31. The Bertz CT molecular complexity index is 714. The summed E-state index contributed by atoms with van der Waals surface area (Å²) in [6, 6.07) is 2.19. The van der Waals surface area contributed by atoms with E-state index in [0.717, 1.165) is 37.0 Å². The van der Waals surface area contributed by atoms with Crippen molar-refractivity contribution in [3.8, 4) is 0 Å². The van der Waals surface area contributed by atoms with Gasteiger partial charge >= 0.3 is 0 Å². The molecule has 1 heterocycles. The summed E-state index contributed by atoms with van der Waals surface area (Å²) in [5.41, 5.74) is 3.64. The molecule has 3 saturated carbocycles. The second-order valence-corrected chi connectivity index (χ2v) is 9.70. The van der Waals surface area contributed by atoms with Gasteiger partial charge in [0.15, 0.2) is 5.78 Å². The molecule has 0 unspecified atom stereocenters. The lowest BCUT2D eigenvalue weighted by Crippen LogP contribution is -2.50. The highest BCUT2D eigenvalue weighted by Gasteiger charge is 2.59. The van der Waals surface area contributed by atoms with E-state index >= 15 is 0 Å². The maximum atomic E-state index is 11.9. The normalized spacial score (nSPS) is 46.2. The molecular formula is C23H30O2. The van der Waals surface area contributed by atoms with E-state index in [0.29, 0.717) is 22.5 Å². The number of furan rings is 1. The van der Waals surface area contributed by atoms with Gasteiger partial charge in [0.1, 0.15) is 0 Å². The number of fused-ring (bicyclic) bond motifs is 5. The third-order valence-corrected chi connectivity index (χ3v) is 8.91. The molecule has 0 bridgehead atoms. The Morgan fingerprint density at radius 2 is 1.92 bits per heavy atom. The van der Waals surface area contributed by atoms with Gasteiger partial charge in [0, 0.05) is 6.42 Å². The predicted octanol–water partition coefficient (Wildman–Crippen LogP) is 5.90. The van der Waals surface area contributed by atoms with Crippen LogP contribution in [0, 0.1) is 28.6 Å². The average Bonchev–Trinajstić information content (AvgIpc) is 3.22. The van der Waals surface area contributed by atoms with Gasteiger partial charge in [-0.05, 0) is 97.2 Å². The molecule has 0 N–H and O–H groups in total. The number of hydrogen-bond donors (Lipinski definition) is 0. The summed E-state index contributed by atoms with van der Waals surface area (Å²) in [5.74, 6) is 3.54. The monoisotopic (exact) mass is 338 g/mol. The lowest BCUT2D eigenvalue weighted by molar-refractivity contribution is -0.117. The molecule has 25 heavy (non-hydrogen) atoms. The Labute approximate surface area is 151 Å². The smallest absolute Gasteiger partial charge is 0.155 e. The van der Waals surface area contributed by atoms with Gasteiger partial charge in [0.2, 0.25) is 0 Å². The maximum Gasteiger partial charge on any atom is 0.155 e. The summed E-state index contributed by atoms with van der Waals surface area (Å²) >= 11 is 0. The molecule has 0 radical (unpaired) electrons. The SMILES string of the molecule is C[C@]12CC[C@H]3[C@@H](CCC4=CC(=O)CC[C@@]43C)[C@@H]1CC[C@@H]2c1ccoc1. The fourth-order valence-corrected chi connectivity index (χ4v) is 7.58. The molecule has 1 aromatic heterocycles. The number of carbonyl (C=O) groups excluding carboxylic acids is 1. The molecule has 2 heteroatoms. The molecule has 4 aliphatic carbocycles. The van der Waals surface area contributed by atoms with Crippen molar-refractivity contribution >= 4 is 5.78 Å². The van der Waals surface area contributed by atoms with Gasteiger partial charge < -0.3 is 4.42 Å². The minimum absolute atomic E-state index is 0.298. The molecule has 0 aromatic carbocycles. The molecule has 4 aliphatic rings. The molecule has 0 aliphatic heterocycles. The van der Waals surface area contributed by atoms with Crippen molar-refractivity contribution in [2.75, 3.05) is 0 Å². The van der Waals surface area contributed by atoms with Crippen LogP contribution in [0.4, 0.5) is 0 Å². The largest absolute Gasteiger partial charge is 0.472 e. The summed E-state index contributed by atoms with van der Waals surface area (Å²) < 4.78 is 5.42. The lowest BCUT2D eigenvalue weighted by atomic mass is 9.46. The number of rotatable bonds is 1. The summed E-state index contributed by atoms with van der Waals surface area (Å²) in [4.78, 5) is 11.9. The topological polar surface area (TPSA) is 30.2 Å². The average molecular weight is 338 g/mol. The van der Waals surface area contributed by atoms with Crippen molar-refractivity contribution in [2.24, 2.45) is 28.6 Å². The molecular weight excluding hydrogens is 308 g/mol. The highest BCUT2D eigenvalue weighted by Crippen LogP contribution is 2.68. The zero-order valence-electron chi connectivity index (χ0n) is 15.6. The van der Waals surface area contributed by atoms with Crippen molar-refractivity contribution in [1.29, 1.82) is 0 Å². The van der Waals surface area contributed by atoms with Crippen molar-refractivity contribution in [2.45, 2.75) is 71.1 Å². The highest BCUT2D eigenvalue weighted by molar-refractivity contribution is 5.91. The van der Waals surface area contributed by atoms with Crippen LogP contribution in [0.3, 0.4) is 0 Å². The quantitative estimate of drug-likeness (QED) is 0.638. The molecule has 5 rings (SSSR count). The van der Waals surface area contributed by atoms with Crippen molar-refractivity contribution < 1.29 is 9.21 Å². The predicted molar refractivity (Wildman–Crippen MR) is 98.2 cm³/mol. The van der Waals surface area contributed by atoms with Crippen molar-refractivity contribution in [3.05, 3.63) is 35.8 Å². The van der Waals surface area contributed by atoms with Crippen molar-refractivity contribution in [3.63, 3.8) is 0 Å². The van der Waals surface area contributed by atoms with E-state index in [1.165, 1.54) is 43.2 Å². The number of hydrogen-bond acceptors (Lipinski definition) is 2. The zero-order chi connectivity index (χ0) is 17.2. The summed E-state index contributed by atoms with van der Waals surface area (Å²) in [5, 5.41) is 0. The molecule has 1 aromatic rings. The minimum atomic E-state index is 0.298. The summed E-state index contributed by atoms with van der Waals surface area (Å²) in [6.07, 6.45) is 15.6. The Morgan fingerprint density at radius 1 is 1.04 bits per heavy atom. The molecule has 0 spiro atoms. The Morgan fingerprint density at radius 3 is 2.72 bits per heavy atom. The maximum absolute atomic E-state index is 11.9. The molecule has 0 amide bonds. The van der Waals surface area contributed by atoms with Gasteiger partial charge in [-0.3, -0.25) is 4.79 Å². The van der Waals surface area contributed by atoms with Gasteiger partial charge in [0.25, 0.3) is 0 Å². The number of carbonyl (C=O) groups is 1. The Kier molecular flexibility index (Phi) is 3.40. The van der Waals surface area contributed by atoms with Crippen LogP contribution in [0.25, 0.3) is 0 Å². The second-order valence-electron chi connectivity index (χ2n) is 9.70. The van der Waals surface area contributed by atoms with Gasteiger partial charge in [-0.2, -0.15) is 0 Å². The second kappa shape index (κ2) is 5.34. The third-order valence-electron chi connectivity index (χ3n) is 8.91. The first-order valence-corrected chi connectivity index (χ1v) is 10.3. The molecule has 3 fully saturated rings. The van der Waals surface area contributed by atoms with Gasteiger partial charge in [-0.15, -0.1) is 0 Å². The van der Waals surface area contributed by atoms with E-state index < -0.39 is 0 Å². The van der Waals surface area contributed by atoms with Crippen LogP contribution < -0.4 is 0 Å². The standard InChI is InChI=1S/C23H30O2/c1-22-10-7-17(24)13-16(22)3-4-18-20-6-5-19(15-9-12-25-14-15)23(20,2)11-8-21(18)22/h9,12-14,18-21H,3-8,10-11H2,1-2H3/t18-,19+,20-,21-,22-,23+/m0/s1. The van der Waals surface area contributed by atoms with E-state index in [1.54, 1.807) is 0 Å². The van der Waals surface area contributed by atoms with Crippen LogP contribution in [0.5, 0.6) is 0 Å². The lowest BCUT2D eigenvalue weighted by Gasteiger charge is -2.58. The number of allylic oxidation sites excluding steroid dienone is 1. The van der Waals surface area contributed by atoms with Crippen LogP contribution in [-0.4, -0.2) is 5.78 Å². The van der Waals surface area contributed by atoms with Crippen LogP contribution in [0.2, 0.25) is 0 Å². The van der Waals surface area contributed by atoms with E-state index in [9.17, 15) is 4.79 Å². The van der Waals surface area contributed by atoms with Crippen LogP contribution in [-0.2, 0) is 4.79 Å². The minimum Gasteiger partial charge on any atom is -0.472 e. The number of ketones is 1. The van der Waals surface area contributed by atoms with E-state index in [1.807, 2.05) is 18.6 Å². The first-order valence-electron chi connectivity index (χ1n) is 10.3. The summed E-state index contributed by atoms with van der Waals surface area (Å²) in [7, 11) is 0. The van der Waals surface area contributed by atoms with Crippen LogP contribution >= 0.6 is 0 Å². The fourth-order valence-electron chi connectivity index (χ4n) is 7.58. The Balaban J connectivity index is 1.48. The van der Waals surface area contributed by atoms with Gasteiger partial charge in [-0.25, -0.2) is 0 Å². The van der Waals surface area contributed by atoms with Gasteiger partial charge in [0.05, 0.1) is 12.5 Å². The first kappa shape index (κ1) is 15.9. The molecule has 0 saturated heterocycles. The zero-order valence-corrected chi connectivity index (χ0v) is 15.6. The molecule has 134 valence electrons. The first-order chi connectivity index (χ1) is 12.0. The van der Waals surface area contributed by atoms with Crippen LogP contribution in [0.1, 0.15) is 76.7 Å². The van der Waals surface area contributed by atoms with E-state index in [4.69, 9.17) is 4.42 Å². The molecule has 6 atom stereocenters. The summed E-state index contributed by atoms with van der Waals surface area (Å²) in [6.45, 7) is 5.05. The van der Waals surface area contributed by atoms with E-state index in [-0.39, 0.29) is 0 Å².